The lowest BCUT2D eigenvalue weighted by molar-refractivity contribution is 0.151. The highest BCUT2D eigenvalue weighted by atomic mass is 79.9. The first-order valence-corrected chi connectivity index (χ1v) is 6.77. The van der Waals surface area contributed by atoms with E-state index in [0.717, 1.165) is 40.4 Å². The number of nitrogen functional groups attached to an aromatic ring is 1. The molecule has 0 spiro atoms. The van der Waals surface area contributed by atoms with Gasteiger partial charge in [0.2, 0.25) is 0 Å². The molecule has 1 aromatic carbocycles. The Morgan fingerprint density at radius 2 is 2.20 bits per heavy atom. The minimum atomic E-state index is 0.786. The van der Waals surface area contributed by atoms with Crippen molar-refractivity contribution in [3.05, 3.63) is 22.7 Å². The topological polar surface area (TPSA) is 35.2 Å². The molecule has 0 amide bonds. The van der Waals surface area contributed by atoms with Crippen LogP contribution in [0, 0.1) is 0 Å². The van der Waals surface area contributed by atoms with Crippen LogP contribution in [0.25, 0.3) is 0 Å². The molecule has 4 heteroatoms. The van der Waals surface area contributed by atoms with E-state index < -0.39 is 0 Å². The third-order valence-electron chi connectivity index (χ3n) is 1.81. The minimum Gasteiger partial charge on any atom is -0.398 e. The third-order valence-corrected chi connectivity index (χ3v) is 3.35. The number of thioether (sulfide) groups is 1. The van der Waals surface area contributed by atoms with Gasteiger partial charge in [-0.1, -0.05) is 22.9 Å². The Hall–Kier alpha value is -0.190. The first-order chi connectivity index (χ1) is 7.24. The monoisotopic (exact) mass is 289 g/mol. The maximum atomic E-state index is 5.87. The number of nitrogens with two attached hydrogens (primary N) is 1. The van der Waals surface area contributed by atoms with Crippen molar-refractivity contribution in [3.8, 4) is 0 Å². The number of halogens is 1. The van der Waals surface area contributed by atoms with E-state index in [0.29, 0.717) is 0 Å². The number of hydrogen-bond donors (Lipinski definition) is 1. The molecule has 0 atom stereocenters. The van der Waals surface area contributed by atoms with E-state index in [9.17, 15) is 0 Å². The molecule has 0 radical (unpaired) electrons. The molecule has 0 unspecified atom stereocenters. The van der Waals surface area contributed by atoms with Crippen molar-refractivity contribution in [2.45, 2.75) is 18.2 Å². The van der Waals surface area contributed by atoms with Crippen LogP contribution < -0.4 is 5.73 Å². The van der Waals surface area contributed by atoms with E-state index in [1.54, 1.807) is 11.8 Å². The summed E-state index contributed by atoms with van der Waals surface area (Å²) in [5.41, 5.74) is 6.69. The van der Waals surface area contributed by atoms with Crippen LogP contribution in [0.4, 0.5) is 5.69 Å². The predicted molar refractivity (Wildman–Crippen MR) is 70.4 cm³/mol. The molecule has 0 saturated heterocycles. The summed E-state index contributed by atoms with van der Waals surface area (Å²) in [5, 5.41) is 0. The molecule has 84 valence electrons. The molecule has 1 rings (SSSR count). The summed E-state index contributed by atoms with van der Waals surface area (Å²) >= 11 is 5.12. The summed E-state index contributed by atoms with van der Waals surface area (Å²) in [6.07, 6.45) is 1.07. The van der Waals surface area contributed by atoms with Gasteiger partial charge in [-0.05, 0) is 24.6 Å². The molecule has 2 N–H and O–H groups in total. The summed E-state index contributed by atoms with van der Waals surface area (Å²) in [7, 11) is 0. The van der Waals surface area contributed by atoms with Gasteiger partial charge in [0, 0.05) is 27.4 Å². The lowest BCUT2D eigenvalue weighted by atomic mass is 10.3. The normalized spacial score (nSPS) is 10.5. The van der Waals surface area contributed by atoms with Crippen LogP contribution in [0.5, 0.6) is 0 Å². The fourth-order valence-electron chi connectivity index (χ4n) is 1.11. The number of benzene rings is 1. The molecule has 0 saturated carbocycles. The first kappa shape index (κ1) is 12.9. The fourth-order valence-corrected chi connectivity index (χ4v) is 2.30. The summed E-state index contributed by atoms with van der Waals surface area (Å²) in [5.74, 6) is 0.950. The molecule has 15 heavy (non-hydrogen) atoms. The van der Waals surface area contributed by atoms with Crippen LogP contribution >= 0.6 is 27.7 Å². The van der Waals surface area contributed by atoms with Crippen molar-refractivity contribution in [1.29, 1.82) is 0 Å². The van der Waals surface area contributed by atoms with Gasteiger partial charge in [-0.2, -0.15) is 0 Å². The van der Waals surface area contributed by atoms with Gasteiger partial charge >= 0.3 is 0 Å². The highest BCUT2D eigenvalue weighted by Crippen LogP contribution is 2.27. The van der Waals surface area contributed by atoms with Gasteiger partial charge in [0.25, 0.3) is 0 Å². The molecule has 1 aromatic rings. The molecule has 0 aliphatic rings. The number of rotatable bonds is 6. The Balaban J connectivity index is 2.31. The molecule has 0 fully saturated rings. The lowest BCUT2D eigenvalue weighted by Crippen LogP contribution is -1.98. The third kappa shape index (κ3) is 4.91. The largest absolute Gasteiger partial charge is 0.398 e. The van der Waals surface area contributed by atoms with E-state index in [2.05, 4.69) is 22.9 Å². The zero-order chi connectivity index (χ0) is 11.1. The van der Waals surface area contributed by atoms with E-state index in [1.165, 1.54) is 0 Å². The van der Waals surface area contributed by atoms with Gasteiger partial charge in [-0.15, -0.1) is 11.8 Å². The van der Waals surface area contributed by atoms with Gasteiger partial charge in [0.1, 0.15) is 0 Å². The van der Waals surface area contributed by atoms with Gasteiger partial charge in [-0.3, -0.25) is 0 Å². The molecule has 0 aromatic heterocycles. The average Bonchev–Trinajstić information content (AvgIpc) is 2.20. The van der Waals surface area contributed by atoms with E-state index in [-0.39, 0.29) is 0 Å². The Kier molecular flexibility index (Phi) is 6.13. The van der Waals surface area contributed by atoms with Crippen molar-refractivity contribution in [1.82, 2.24) is 0 Å². The highest BCUT2D eigenvalue weighted by Gasteiger charge is 2.00. The van der Waals surface area contributed by atoms with Gasteiger partial charge in [0.15, 0.2) is 0 Å². The van der Waals surface area contributed by atoms with E-state index in [4.69, 9.17) is 10.5 Å². The Bertz CT molecular complexity index is 307. The standard InChI is InChI=1S/C11H16BrNOS/c1-2-5-14-6-7-15-11-4-3-9(12)8-10(11)13/h3-4,8H,2,5-7,13H2,1H3. The summed E-state index contributed by atoms with van der Waals surface area (Å²) in [6, 6.07) is 5.96. The summed E-state index contributed by atoms with van der Waals surface area (Å²) in [6.45, 7) is 3.74. The number of hydrogen-bond acceptors (Lipinski definition) is 3. The molecular weight excluding hydrogens is 274 g/mol. The van der Waals surface area contributed by atoms with E-state index >= 15 is 0 Å². The highest BCUT2D eigenvalue weighted by molar-refractivity contribution is 9.10. The minimum absolute atomic E-state index is 0.786. The second-order valence-corrected chi connectivity index (χ2v) is 5.20. The molecule has 0 heterocycles. The maximum Gasteiger partial charge on any atom is 0.0560 e. The number of ether oxygens (including phenoxy) is 1. The first-order valence-electron chi connectivity index (χ1n) is 4.99. The van der Waals surface area contributed by atoms with E-state index in [1.807, 2.05) is 18.2 Å². The maximum absolute atomic E-state index is 5.87. The van der Waals surface area contributed by atoms with Crippen LogP contribution in [0.1, 0.15) is 13.3 Å². The molecule has 2 nitrogen and oxygen atoms in total. The second-order valence-electron chi connectivity index (χ2n) is 3.14. The fraction of sp³-hybridized carbons (Fsp3) is 0.455. The van der Waals surface area contributed by atoms with Gasteiger partial charge < -0.3 is 10.5 Å². The smallest absolute Gasteiger partial charge is 0.0560 e. The van der Waals surface area contributed by atoms with Crippen LogP contribution in [0.3, 0.4) is 0 Å². The molecule has 0 bridgehead atoms. The molecule has 0 aliphatic carbocycles. The van der Waals surface area contributed by atoms with Crippen LogP contribution in [0.2, 0.25) is 0 Å². The van der Waals surface area contributed by atoms with Crippen LogP contribution in [0.15, 0.2) is 27.6 Å². The zero-order valence-electron chi connectivity index (χ0n) is 8.83. The van der Waals surface area contributed by atoms with Crippen molar-refractivity contribution in [3.63, 3.8) is 0 Å². The van der Waals surface area contributed by atoms with Crippen molar-refractivity contribution in [2.75, 3.05) is 24.7 Å². The summed E-state index contributed by atoms with van der Waals surface area (Å²) in [4.78, 5) is 1.12. The molecular formula is C11H16BrNOS. The summed E-state index contributed by atoms with van der Waals surface area (Å²) < 4.78 is 6.42. The second kappa shape index (κ2) is 7.14. The predicted octanol–water partition coefficient (Wildman–Crippen LogP) is 3.55. The van der Waals surface area contributed by atoms with Crippen LogP contribution in [-0.4, -0.2) is 19.0 Å². The van der Waals surface area contributed by atoms with Crippen molar-refractivity contribution >= 4 is 33.4 Å². The number of anilines is 1. The molecule has 0 aliphatic heterocycles. The zero-order valence-corrected chi connectivity index (χ0v) is 11.2. The Morgan fingerprint density at radius 3 is 2.87 bits per heavy atom. The van der Waals surface area contributed by atoms with Crippen molar-refractivity contribution < 1.29 is 4.74 Å². The average molecular weight is 290 g/mol. The Labute approximate surface area is 104 Å². The Morgan fingerprint density at radius 1 is 1.40 bits per heavy atom. The SMILES string of the molecule is CCCOCCSc1ccc(Br)cc1N. The van der Waals surface area contributed by atoms with Crippen molar-refractivity contribution in [2.24, 2.45) is 0 Å². The van der Waals surface area contributed by atoms with Crippen LogP contribution in [-0.2, 0) is 4.74 Å². The quantitative estimate of drug-likeness (QED) is 0.494. The van der Waals surface area contributed by atoms with Gasteiger partial charge in [-0.25, -0.2) is 0 Å². The lowest BCUT2D eigenvalue weighted by Gasteiger charge is -2.06. The van der Waals surface area contributed by atoms with Gasteiger partial charge in [0.05, 0.1) is 6.61 Å².